The summed E-state index contributed by atoms with van der Waals surface area (Å²) in [5, 5.41) is 7.84. The highest BCUT2D eigenvalue weighted by Gasteiger charge is 2.22. The molecule has 1 aliphatic heterocycles. The molecule has 0 spiro atoms. The number of aromatic nitrogens is 1. The minimum Gasteiger partial charge on any atom is -0.379 e. The van der Waals surface area contributed by atoms with Crippen molar-refractivity contribution in [3.63, 3.8) is 0 Å². The van der Waals surface area contributed by atoms with Crippen LogP contribution in [0.2, 0.25) is 0 Å². The smallest absolute Gasteiger partial charge is 0.191 e. The van der Waals surface area contributed by atoms with Gasteiger partial charge >= 0.3 is 0 Å². The molecular formula is C21H30FN5OS. The van der Waals surface area contributed by atoms with E-state index in [1.807, 2.05) is 18.3 Å². The summed E-state index contributed by atoms with van der Waals surface area (Å²) < 4.78 is 18.9. The van der Waals surface area contributed by atoms with Gasteiger partial charge in [-0.3, -0.25) is 9.89 Å². The van der Waals surface area contributed by atoms with E-state index in [2.05, 4.69) is 34.4 Å². The molecule has 2 N–H and O–H groups in total. The molecule has 1 aromatic heterocycles. The molecule has 29 heavy (non-hydrogen) atoms. The van der Waals surface area contributed by atoms with E-state index in [1.54, 1.807) is 11.3 Å². The predicted octanol–water partition coefficient (Wildman–Crippen LogP) is 2.76. The lowest BCUT2D eigenvalue weighted by Gasteiger charge is -2.34. The molecule has 3 rings (SSSR count). The minimum atomic E-state index is -0.217. The molecular weight excluding hydrogens is 389 g/mol. The molecule has 0 aliphatic carbocycles. The molecule has 1 aromatic carbocycles. The van der Waals surface area contributed by atoms with Gasteiger partial charge in [0.1, 0.15) is 5.82 Å². The van der Waals surface area contributed by atoms with Crippen LogP contribution in [0.3, 0.4) is 0 Å². The van der Waals surface area contributed by atoms with Gasteiger partial charge in [0.05, 0.1) is 30.8 Å². The number of benzene rings is 1. The van der Waals surface area contributed by atoms with E-state index in [4.69, 9.17) is 9.73 Å². The third kappa shape index (κ3) is 6.76. The van der Waals surface area contributed by atoms with Crippen LogP contribution in [0.1, 0.15) is 28.4 Å². The van der Waals surface area contributed by atoms with Gasteiger partial charge in [0.15, 0.2) is 5.96 Å². The van der Waals surface area contributed by atoms with Crippen molar-refractivity contribution in [3.05, 3.63) is 51.7 Å². The molecule has 6 nitrogen and oxygen atoms in total. The SMILES string of the molecule is CCNC(=NCC(c1ccc(F)cc1)N1CCOCC1)NCCc1ncc(C)s1. The summed E-state index contributed by atoms with van der Waals surface area (Å²) in [4.78, 5) is 12.8. The van der Waals surface area contributed by atoms with E-state index in [9.17, 15) is 4.39 Å². The molecule has 1 saturated heterocycles. The van der Waals surface area contributed by atoms with Crippen molar-refractivity contribution in [1.82, 2.24) is 20.5 Å². The summed E-state index contributed by atoms with van der Waals surface area (Å²) >= 11 is 1.73. The maximum atomic E-state index is 13.4. The molecule has 1 atom stereocenters. The van der Waals surface area contributed by atoms with Gasteiger partial charge < -0.3 is 15.4 Å². The number of halogens is 1. The number of thiazole rings is 1. The number of guanidine groups is 1. The van der Waals surface area contributed by atoms with Gasteiger partial charge in [-0.25, -0.2) is 9.37 Å². The standard InChI is InChI=1S/C21H30FN5OS/c1-3-23-21(24-9-8-20-25-14-16(2)29-20)26-15-19(27-10-12-28-13-11-27)17-4-6-18(22)7-5-17/h4-7,14,19H,3,8-13,15H2,1-2H3,(H2,23,24,26). The maximum Gasteiger partial charge on any atom is 0.191 e. The van der Waals surface area contributed by atoms with Crippen LogP contribution < -0.4 is 10.6 Å². The fourth-order valence-corrected chi connectivity index (χ4v) is 4.12. The molecule has 1 fully saturated rings. The topological polar surface area (TPSA) is 61.8 Å². The first-order chi connectivity index (χ1) is 14.2. The van der Waals surface area contributed by atoms with Crippen molar-refractivity contribution in [2.24, 2.45) is 4.99 Å². The van der Waals surface area contributed by atoms with Crippen molar-refractivity contribution < 1.29 is 9.13 Å². The highest BCUT2D eigenvalue weighted by atomic mass is 32.1. The van der Waals surface area contributed by atoms with Crippen molar-refractivity contribution in [3.8, 4) is 0 Å². The Bertz CT molecular complexity index is 774. The van der Waals surface area contributed by atoms with E-state index in [1.165, 1.54) is 17.0 Å². The second-order valence-corrected chi connectivity index (χ2v) is 8.30. The van der Waals surface area contributed by atoms with E-state index < -0.39 is 0 Å². The zero-order chi connectivity index (χ0) is 20.5. The lowest BCUT2D eigenvalue weighted by Crippen LogP contribution is -2.42. The van der Waals surface area contributed by atoms with Crippen LogP contribution in [0, 0.1) is 12.7 Å². The first kappa shape index (κ1) is 21.7. The Morgan fingerprint density at radius 1 is 1.28 bits per heavy atom. The first-order valence-corrected chi connectivity index (χ1v) is 11.0. The number of ether oxygens (including phenoxy) is 1. The molecule has 2 aromatic rings. The average molecular weight is 420 g/mol. The molecule has 0 bridgehead atoms. The van der Waals surface area contributed by atoms with Gasteiger partial charge in [-0.15, -0.1) is 11.3 Å². The molecule has 2 heterocycles. The van der Waals surface area contributed by atoms with E-state index in [0.717, 1.165) is 49.1 Å². The van der Waals surface area contributed by atoms with Gasteiger partial charge in [0.2, 0.25) is 0 Å². The van der Waals surface area contributed by atoms with Crippen molar-refractivity contribution >= 4 is 17.3 Å². The molecule has 0 saturated carbocycles. The number of hydrogen-bond acceptors (Lipinski definition) is 5. The lowest BCUT2D eigenvalue weighted by atomic mass is 10.0. The van der Waals surface area contributed by atoms with Crippen molar-refractivity contribution in [2.45, 2.75) is 26.3 Å². The zero-order valence-corrected chi connectivity index (χ0v) is 18.0. The molecule has 1 aliphatic rings. The highest BCUT2D eigenvalue weighted by molar-refractivity contribution is 7.11. The third-order valence-electron chi connectivity index (χ3n) is 4.81. The summed E-state index contributed by atoms with van der Waals surface area (Å²) in [6, 6.07) is 6.85. The molecule has 0 radical (unpaired) electrons. The van der Waals surface area contributed by atoms with Crippen LogP contribution in [0.25, 0.3) is 0 Å². The van der Waals surface area contributed by atoms with Gasteiger partial charge in [-0.05, 0) is 31.5 Å². The predicted molar refractivity (Wildman–Crippen MR) is 116 cm³/mol. The Morgan fingerprint density at radius 3 is 2.69 bits per heavy atom. The first-order valence-electron chi connectivity index (χ1n) is 10.2. The lowest BCUT2D eigenvalue weighted by molar-refractivity contribution is 0.0179. The van der Waals surface area contributed by atoms with Gasteiger partial charge in [0, 0.05) is 43.7 Å². The number of nitrogens with one attached hydrogen (secondary N) is 2. The maximum absolute atomic E-state index is 13.4. The Kier molecular flexibility index (Phi) is 8.39. The molecule has 1 unspecified atom stereocenters. The van der Waals surface area contributed by atoms with E-state index >= 15 is 0 Å². The molecule has 0 amide bonds. The summed E-state index contributed by atoms with van der Waals surface area (Å²) in [7, 11) is 0. The fraction of sp³-hybridized carbons (Fsp3) is 0.524. The monoisotopic (exact) mass is 419 g/mol. The highest BCUT2D eigenvalue weighted by Crippen LogP contribution is 2.22. The van der Waals surface area contributed by atoms with Crippen LogP contribution in [-0.2, 0) is 11.2 Å². The van der Waals surface area contributed by atoms with Crippen LogP contribution in [0.4, 0.5) is 4.39 Å². The second kappa shape index (κ2) is 11.2. The summed E-state index contributed by atoms with van der Waals surface area (Å²) in [5.74, 6) is 0.576. The van der Waals surface area contributed by atoms with Crippen molar-refractivity contribution in [1.29, 1.82) is 0 Å². The van der Waals surface area contributed by atoms with E-state index in [-0.39, 0.29) is 11.9 Å². The van der Waals surface area contributed by atoms with Gasteiger partial charge in [0.25, 0.3) is 0 Å². The van der Waals surface area contributed by atoms with Crippen LogP contribution >= 0.6 is 11.3 Å². The normalized spacial score (nSPS) is 16.6. The van der Waals surface area contributed by atoms with Gasteiger partial charge in [-0.2, -0.15) is 0 Å². The van der Waals surface area contributed by atoms with Crippen LogP contribution in [0.5, 0.6) is 0 Å². The largest absolute Gasteiger partial charge is 0.379 e. The van der Waals surface area contributed by atoms with Crippen LogP contribution in [-0.4, -0.2) is 61.8 Å². The summed E-state index contributed by atoms with van der Waals surface area (Å²) in [5.41, 5.74) is 1.08. The van der Waals surface area contributed by atoms with Gasteiger partial charge in [-0.1, -0.05) is 12.1 Å². The minimum absolute atomic E-state index is 0.0940. The number of hydrogen-bond donors (Lipinski definition) is 2. The Hall–Kier alpha value is -2.03. The Balaban J connectivity index is 1.65. The number of nitrogens with zero attached hydrogens (tertiary/aromatic N) is 3. The fourth-order valence-electron chi connectivity index (χ4n) is 3.33. The summed E-state index contributed by atoms with van der Waals surface area (Å²) in [6.45, 7) is 9.42. The van der Waals surface area contributed by atoms with Crippen molar-refractivity contribution in [2.75, 3.05) is 45.9 Å². The number of aryl methyl sites for hydroxylation is 1. The number of rotatable bonds is 8. The molecule has 8 heteroatoms. The van der Waals surface area contributed by atoms with E-state index in [0.29, 0.717) is 19.8 Å². The number of aliphatic imine (C=N–C) groups is 1. The average Bonchev–Trinajstić information content (AvgIpc) is 3.15. The Labute approximate surface area is 176 Å². The second-order valence-electron chi connectivity index (χ2n) is 6.98. The quantitative estimate of drug-likeness (QED) is 0.509. The third-order valence-corrected chi connectivity index (χ3v) is 5.78. The Morgan fingerprint density at radius 2 is 2.03 bits per heavy atom. The van der Waals surface area contributed by atoms with Crippen LogP contribution in [0.15, 0.2) is 35.5 Å². The molecule has 158 valence electrons. The number of morpholine rings is 1. The zero-order valence-electron chi connectivity index (χ0n) is 17.2. The summed E-state index contributed by atoms with van der Waals surface area (Å²) in [6.07, 6.45) is 2.78.